The van der Waals surface area contributed by atoms with Crippen LogP contribution in [0, 0.1) is 11.8 Å². The minimum atomic E-state index is -3.63. The van der Waals surface area contributed by atoms with E-state index in [0.29, 0.717) is 13.2 Å². The Balaban J connectivity index is 2.90. The minimum absolute atomic E-state index is 0.0111. The molecule has 8 nitrogen and oxygen atoms in total. The van der Waals surface area contributed by atoms with Crippen LogP contribution < -0.4 is 0 Å². The van der Waals surface area contributed by atoms with Crippen molar-refractivity contribution in [2.24, 2.45) is 11.8 Å². The maximum atomic E-state index is 13.1. The number of rotatable bonds is 18. The summed E-state index contributed by atoms with van der Waals surface area (Å²) in [6, 6.07) is 9.75. The first-order valence-electron chi connectivity index (χ1n) is 13.5. The highest BCUT2D eigenvalue weighted by molar-refractivity contribution is 7.54. The van der Waals surface area contributed by atoms with Gasteiger partial charge in [0.05, 0.1) is 26.4 Å². The van der Waals surface area contributed by atoms with Crippen LogP contribution in [0.1, 0.15) is 60.5 Å². The summed E-state index contributed by atoms with van der Waals surface area (Å²) >= 11 is 0. The molecule has 0 aliphatic heterocycles. The standard InChI is InChI=1S/C28H49O8PSi/c1-10-33-37(31,34-11-2)21-27(30)36-26(23(4)19-35-38(8,9)28(5,6)7)17-25(29)22(3)18-32-20-24-15-13-12-14-16-24/h12-16,22-23,26H,10-11,17-21H2,1-9H3/t22-,23-,26-/m1/s1. The van der Waals surface area contributed by atoms with Gasteiger partial charge in [-0.3, -0.25) is 14.2 Å². The van der Waals surface area contributed by atoms with E-state index in [9.17, 15) is 14.2 Å². The number of carbonyl (C=O) groups excluding carboxylic acids is 2. The third kappa shape index (κ3) is 12.2. The molecule has 0 bridgehead atoms. The van der Waals surface area contributed by atoms with Gasteiger partial charge < -0.3 is 22.9 Å². The molecule has 1 aromatic rings. The molecule has 0 unspecified atom stereocenters. The fraction of sp³-hybridized carbons (Fsp3) is 0.714. The van der Waals surface area contributed by atoms with Gasteiger partial charge in [-0.05, 0) is 37.5 Å². The third-order valence-corrected chi connectivity index (χ3v) is 13.3. The van der Waals surface area contributed by atoms with Crippen molar-refractivity contribution in [3.05, 3.63) is 35.9 Å². The Bertz CT molecular complexity index is 890. The summed E-state index contributed by atoms with van der Waals surface area (Å²) in [6.07, 6.45) is -1.24. The number of ketones is 1. The molecule has 0 radical (unpaired) electrons. The topological polar surface area (TPSA) is 97.4 Å². The van der Waals surface area contributed by atoms with Crippen LogP contribution in [-0.4, -0.2) is 58.8 Å². The highest BCUT2D eigenvalue weighted by atomic mass is 31.2. The number of hydrogen-bond acceptors (Lipinski definition) is 8. The van der Waals surface area contributed by atoms with Gasteiger partial charge in [0.1, 0.15) is 18.0 Å². The molecule has 0 amide bonds. The van der Waals surface area contributed by atoms with Gasteiger partial charge in [0.2, 0.25) is 0 Å². The fourth-order valence-electron chi connectivity index (χ4n) is 3.33. The molecular weight excluding hydrogens is 523 g/mol. The SMILES string of the molecule is CCOP(=O)(CC(=O)O[C@H](CC(=O)[C@H](C)COCc1ccccc1)[C@H](C)CO[Si](C)(C)C(C)(C)C)OCC. The van der Waals surface area contributed by atoms with Gasteiger partial charge in [0.25, 0.3) is 0 Å². The van der Waals surface area contributed by atoms with Gasteiger partial charge in [-0.15, -0.1) is 0 Å². The average molecular weight is 573 g/mol. The van der Waals surface area contributed by atoms with Crippen molar-refractivity contribution in [1.29, 1.82) is 0 Å². The van der Waals surface area contributed by atoms with E-state index in [0.717, 1.165) is 5.56 Å². The first-order valence-corrected chi connectivity index (χ1v) is 18.1. The fourth-order valence-corrected chi connectivity index (χ4v) is 5.88. The average Bonchev–Trinajstić information content (AvgIpc) is 2.82. The highest BCUT2D eigenvalue weighted by Gasteiger charge is 2.39. The van der Waals surface area contributed by atoms with Gasteiger partial charge in [0, 0.05) is 24.9 Å². The molecule has 0 N–H and O–H groups in total. The molecule has 3 atom stereocenters. The van der Waals surface area contributed by atoms with Crippen molar-refractivity contribution in [3.63, 3.8) is 0 Å². The van der Waals surface area contributed by atoms with E-state index >= 15 is 0 Å². The van der Waals surface area contributed by atoms with Crippen molar-refractivity contribution in [2.75, 3.05) is 32.6 Å². The van der Waals surface area contributed by atoms with Crippen molar-refractivity contribution in [2.45, 2.75) is 85.7 Å². The van der Waals surface area contributed by atoms with Crippen LogP contribution in [-0.2, 0) is 43.7 Å². The van der Waals surface area contributed by atoms with Crippen LogP contribution in [0.15, 0.2) is 30.3 Å². The number of hydrogen-bond donors (Lipinski definition) is 0. The molecule has 0 saturated carbocycles. The first-order chi connectivity index (χ1) is 17.6. The summed E-state index contributed by atoms with van der Waals surface area (Å²) in [4.78, 5) is 26.0. The van der Waals surface area contributed by atoms with E-state index in [1.165, 1.54) is 0 Å². The summed E-state index contributed by atoms with van der Waals surface area (Å²) in [7, 11) is -5.68. The quantitative estimate of drug-likeness (QED) is 0.110. The van der Waals surface area contributed by atoms with Crippen LogP contribution in [0.2, 0.25) is 18.1 Å². The largest absolute Gasteiger partial charge is 0.461 e. The second-order valence-corrected chi connectivity index (χ2v) is 18.1. The van der Waals surface area contributed by atoms with Gasteiger partial charge >= 0.3 is 13.6 Å². The molecule has 0 aromatic heterocycles. The van der Waals surface area contributed by atoms with E-state index in [1.807, 2.05) is 37.3 Å². The lowest BCUT2D eigenvalue weighted by Gasteiger charge is -2.37. The van der Waals surface area contributed by atoms with Gasteiger partial charge in [-0.1, -0.05) is 65.0 Å². The molecule has 1 rings (SSSR count). The first kappa shape index (κ1) is 34.7. The Morgan fingerprint density at radius 2 is 1.55 bits per heavy atom. The molecule has 0 aliphatic rings. The predicted octanol–water partition coefficient (Wildman–Crippen LogP) is 6.63. The highest BCUT2D eigenvalue weighted by Crippen LogP contribution is 2.48. The molecule has 0 spiro atoms. The Morgan fingerprint density at radius 1 is 0.974 bits per heavy atom. The molecular formula is C28H49O8PSi. The van der Waals surface area contributed by atoms with Gasteiger partial charge in [0.15, 0.2) is 8.32 Å². The van der Waals surface area contributed by atoms with E-state index in [1.54, 1.807) is 20.8 Å². The van der Waals surface area contributed by atoms with Crippen molar-refractivity contribution in [1.82, 2.24) is 0 Å². The monoisotopic (exact) mass is 572 g/mol. The smallest absolute Gasteiger partial charge is 0.341 e. The molecule has 0 heterocycles. The number of carbonyl (C=O) groups is 2. The molecule has 1 aromatic carbocycles. The van der Waals surface area contributed by atoms with E-state index < -0.39 is 34.1 Å². The minimum Gasteiger partial charge on any atom is -0.461 e. The summed E-state index contributed by atoms with van der Waals surface area (Å²) in [6.45, 7) is 19.1. The maximum absolute atomic E-state index is 13.1. The lowest BCUT2D eigenvalue weighted by atomic mass is 9.95. The van der Waals surface area contributed by atoms with Crippen LogP contribution >= 0.6 is 7.60 Å². The number of Topliss-reactive ketones (excluding diaryl/α,β-unsaturated/α-hetero) is 1. The summed E-state index contributed by atoms with van der Waals surface area (Å²) < 4.78 is 41.2. The lowest BCUT2D eigenvalue weighted by molar-refractivity contribution is -0.151. The number of esters is 1. The Morgan fingerprint density at radius 3 is 2.08 bits per heavy atom. The van der Waals surface area contributed by atoms with Crippen molar-refractivity contribution < 1.29 is 37.1 Å². The van der Waals surface area contributed by atoms with Crippen molar-refractivity contribution >= 4 is 27.7 Å². The molecule has 38 heavy (non-hydrogen) atoms. The predicted molar refractivity (Wildman–Crippen MR) is 153 cm³/mol. The van der Waals surface area contributed by atoms with Crippen LogP contribution in [0.3, 0.4) is 0 Å². The normalized spacial score (nSPS) is 15.1. The zero-order valence-electron chi connectivity index (χ0n) is 24.8. The maximum Gasteiger partial charge on any atom is 0.341 e. The molecule has 10 heteroatoms. The number of ether oxygens (including phenoxy) is 2. The van der Waals surface area contributed by atoms with Crippen LogP contribution in [0.25, 0.3) is 0 Å². The Kier molecular flexibility index (Phi) is 14.6. The molecule has 0 fully saturated rings. The van der Waals surface area contributed by atoms with E-state index in [4.69, 9.17) is 22.9 Å². The summed E-state index contributed by atoms with van der Waals surface area (Å²) in [5.74, 6) is -1.44. The van der Waals surface area contributed by atoms with Crippen molar-refractivity contribution in [3.8, 4) is 0 Å². The Labute approximate surface area is 230 Å². The molecule has 218 valence electrons. The molecule has 0 saturated heterocycles. The van der Waals surface area contributed by atoms with E-state index in [2.05, 4.69) is 33.9 Å². The zero-order chi connectivity index (χ0) is 29.0. The second kappa shape index (κ2) is 16.0. The summed E-state index contributed by atoms with van der Waals surface area (Å²) in [5.41, 5.74) is 1.03. The van der Waals surface area contributed by atoms with Gasteiger partial charge in [-0.2, -0.15) is 0 Å². The molecule has 0 aliphatic carbocycles. The Hall–Kier alpha value is -1.35. The number of benzene rings is 1. The summed E-state index contributed by atoms with van der Waals surface area (Å²) in [5, 5.41) is 0.0148. The second-order valence-electron chi connectivity index (χ2n) is 11.3. The van der Waals surface area contributed by atoms with Gasteiger partial charge in [-0.25, -0.2) is 0 Å². The third-order valence-electron chi connectivity index (χ3n) is 6.84. The van der Waals surface area contributed by atoms with Crippen LogP contribution in [0.4, 0.5) is 0 Å². The van der Waals surface area contributed by atoms with Crippen LogP contribution in [0.5, 0.6) is 0 Å². The van der Waals surface area contributed by atoms with E-state index in [-0.39, 0.29) is 48.9 Å². The zero-order valence-corrected chi connectivity index (χ0v) is 26.7. The lowest BCUT2D eigenvalue weighted by Crippen LogP contribution is -2.43.